The Bertz CT molecular complexity index is 772. The molecule has 24 heavy (non-hydrogen) atoms. The van der Waals surface area contributed by atoms with Crippen LogP contribution in [0, 0.1) is 24.2 Å². The molecule has 2 aromatic rings. The fraction of sp³-hybridized carbons (Fsp3) is 0.333. The molecule has 1 aromatic heterocycles. The summed E-state index contributed by atoms with van der Waals surface area (Å²) in [5, 5.41) is 9.43. The van der Waals surface area contributed by atoms with Crippen LogP contribution in [0.3, 0.4) is 0 Å². The lowest BCUT2D eigenvalue weighted by Crippen LogP contribution is -2.25. The summed E-state index contributed by atoms with van der Waals surface area (Å²) in [5.74, 6) is -2.21. The van der Waals surface area contributed by atoms with E-state index in [1.165, 1.54) is 13.3 Å². The van der Waals surface area contributed by atoms with E-state index in [0.29, 0.717) is 5.82 Å². The summed E-state index contributed by atoms with van der Waals surface area (Å²) in [7, 11) is 2.96. The first-order chi connectivity index (χ1) is 11.5. The molecule has 0 fully saturated rings. The lowest BCUT2D eigenvalue weighted by molar-refractivity contribution is -0.144. The van der Waals surface area contributed by atoms with Gasteiger partial charge in [-0.25, -0.2) is 4.98 Å². The van der Waals surface area contributed by atoms with Crippen molar-refractivity contribution in [2.45, 2.75) is 19.3 Å². The van der Waals surface area contributed by atoms with Gasteiger partial charge in [-0.2, -0.15) is 5.26 Å². The molecular formula is C18H19N3O3. The lowest BCUT2D eigenvalue weighted by atomic mass is 9.82. The van der Waals surface area contributed by atoms with Gasteiger partial charge in [0.25, 0.3) is 0 Å². The van der Waals surface area contributed by atoms with E-state index in [4.69, 9.17) is 4.74 Å². The minimum Gasteiger partial charge on any atom is -0.468 e. The number of Topliss-reactive ketones (excluding diaryl/α,β-unsaturated/α-hetero) is 1. The number of benzene rings is 1. The van der Waals surface area contributed by atoms with Gasteiger partial charge in [0.15, 0.2) is 17.5 Å². The van der Waals surface area contributed by atoms with Crippen LogP contribution in [-0.2, 0) is 16.6 Å². The fourth-order valence-electron chi connectivity index (χ4n) is 2.60. The number of hydrogen-bond acceptors (Lipinski definition) is 5. The average Bonchev–Trinajstić information content (AvgIpc) is 3.01. The predicted molar refractivity (Wildman–Crippen MR) is 87.2 cm³/mol. The van der Waals surface area contributed by atoms with Gasteiger partial charge >= 0.3 is 5.97 Å². The van der Waals surface area contributed by atoms with E-state index in [1.54, 1.807) is 17.8 Å². The molecule has 2 atom stereocenters. The molecule has 0 saturated heterocycles. The molecule has 1 aromatic carbocycles. The van der Waals surface area contributed by atoms with Crippen molar-refractivity contribution in [3.63, 3.8) is 0 Å². The summed E-state index contributed by atoms with van der Waals surface area (Å²) in [6.07, 6.45) is 3.22. The van der Waals surface area contributed by atoms with Crippen LogP contribution in [0.25, 0.3) is 0 Å². The normalized spacial score (nSPS) is 12.9. The maximum absolute atomic E-state index is 12.6. The molecule has 0 aliphatic carbocycles. The number of carbonyl (C=O) groups excluding carboxylic acids is 2. The van der Waals surface area contributed by atoms with Crippen molar-refractivity contribution >= 4 is 11.8 Å². The third kappa shape index (κ3) is 3.69. The monoisotopic (exact) mass is 325 g/mol. The van der Waals surface area contributed by atoms with Crippen LogP contribution >= 0.6 is 0 Å². The largest absolute Gasteiger partial charge is 0.468 e. The third-order valence-corrected chi connectivity index (χ3v) is 3.98. The van der Waals surface area contributed by atoms with E-state index in [0.717, 1.165) is 11.1 Å². The minimum absolute atomic E-state index is 0.00123. The Morgan fingerprint density at radius 2 is 2.00 bits per heavy atom. The third-order valence-electron chi connectivity index (χ3n) is 3.98. The van der Waals surface area contributed by atoms with Crippen LogP contribution in [-0.4, -0.2) is 28.4 Å². The number of nitrogens with zero attached hydrogens (tertiary/aromatic N) is 3. The Balaban J connectivity index is 2.37. The summed E-state index contributed by atoms with van der Waals surface area (Å²) in [4.78, 5) is 28.6. The number of methoxy groups -OCH3 is 1. The number of imidazole rings is 1. The molecule has 0 N–H and O–H groups in total. The number of rotatable bonds is 6. The Labute approximate surface area is 140 Å². The molecule has 6 nitrogen and oxygen atoms in total. The molecule has 0 aliphatic rings. The quantitative estimate of drug-likeness (QED) is 0.601. The standard InChI is InChI=1S/C18H19N3O3/c1-12-4-6-13(7-5-12)14(15(11-19)18(23)24-3)10-16(22)17-20-8-9-21(17)2/h4-9,14-15H,10H2,1-3H3. The van der Waals surface area contributed by atoms with Gasteiger partial charge in [-0.15, -0.1) is 0 Å². The Hall–Kier alpha value is -2.94. The number of aromatic nitrogens is 2. The highest BCUT2D eigenvalue weighted by atomic mass is 16.5. The molecule has 2 rings (SSSR count). The highest BCUT2D eigenvalue weighted by Crippen LogP contribution is 2.30. The number of carbonyl (C=O) groups is 2. The van der Waals surface area contributed by atoms with Crippen LogP contribution < -0.4 is 0 Å². The predicted octanol–water partition coefficient (Wildman–Crippen LogP) is 2.40. The van der Waals surface area contributed by atoms with E-state index in [1.807, 2.05) is 37.3 Å². The van der Waals surface area contributed by atoms with Gasteiger partial charge in [-0.05, 0) is 12.5 Å². The smallest absolute Gasteiger partial charge is 0.323 e. The number of esters is 1. The van der Waals surface area contributed by atoms with Crippen LogP contribution in [0.1, 0.15) is 34.1 Å². The van der Waals surface area contributed by atoms with Crippen molar-refractivity contribution in [3.05, 3.63) is 53.6 Å². The topological polar surface area (TPSA) is 85.0 Å². The van der Waals surface area contributed by atoms with Crippen molar-refractivity contribution in [1.29, 1.82) is 5.26 Å². The first kappa shape index (κ1) is 17.4. The van der Waals surface area contributed by atoms with E-state index in [-0.39, 0.29) is 12.2 Å². The van der Waals surface area contributed by atoms with E-state index >= 15 is 0 Å². The molecule has 0 saturated carbocycles. The second kappa shape index (κ2) is 7.55. The maximum atomic E-state index is 12.6. The summed E-state index contributed by atoms with van der Waals surface area (Å²) < 4.78 is 6.35. The molecule has 0 amide bonds. The van der Waals surface area contributed by atoms with Gasteiger partial charge in [0.05, 0.1) is 13.2 Å². The molecule has 0 bridgehead atoms. The van der Waals surface area contributed by atoms with Crippen molar-refractivity contribution < 1.29 is 14.3 Å². The lowest BCUT2D eigenvalue weighted by Gasteiger charge is -2.20. The Morgan fingerprint density at radius 3 is 2.50 bits per heavy atom. The zero-order valence-electron chi connectivity index (χ0n) is 13.9. The highest BCUT2D eigenvalue weighted by Gasteiger charge is 2.33. The van der Waals surface area contributed by atoms with Gasteiger partial charge in [0, 0.05) is 31.8 Å². The van der Waals surface area contributed by atoms with Gasteiger partial charge in [0.2, 0.25) is 0 Å². The summed E-state index contributed by atoms with van der Waals surface area (Å²) >= 11 is 0. The molecule has 0 spiro atoms. The number of nitriles is 1. The SMILES string of the molecule is COC(=O)C(C#N)C(CC(=O)c1nccn1C)c1ccc(C)cc1. The van der Waals surface area contributed by atoms with Crippen molar-refractivity contribution in [3.8, 4) is 6.07 Å². The number of hydrogen-bond donors (Lipinski definition) is 0. The number of aryl methyl sites for hydroxylation is 2. The Morgan fingerprint density at radius 1 is 1.33 bits per heavy atom. The number of ether oxygens (including phenoxy) is 1. The number of ketones is 1. The van der Waals surface area contributed by atoms with Crippen LogP contribution in [0.4, 0.5) is 0 Å². The van der Waals surface area contributed by atoms with Gasteiger partial charge in [0.1, 0.15) is 0 Å². The molecule has 124 valence electrons. The van der Waals surface area contributed by atoms with Crippen LogP contribution in [0.2, 0.25) is 0 Å². The zero-order valence-corrected chi connectivity index (χ0v) is 13.9. The van der Waals surface area contributed by atoms with Crippen molar-refractivity contribution in [2.75, 3.05) is 7.11 Å². The molecule has 1 heterocycles. The molecule has 0 aliphatic heterocycles. The fourth-order valence-corrected chi connectivity index (χ4v) is 2.60. The molecule has 0 radical (unpaired) electrons. The first-order valence-corrected chi connectivity index (χ1v) is 7.52. The van der Waals surface area contributed by atoms with Crippen molar-refractivity contribution in [1.82, 2.24) is 9.55 Å². The summed E-state index contributed by atoms with van der Waals surface area (Å²) in [6.45, 7) is 1.94. The summed E-state index contributed by atoms with van der Waals surface area (Å²) in [6, 6.07) is 9.42. The Kier molecular flexibility index (Phi) is 5.48. The van der Waals surface area contributed by atoms with E-state index < -0.39 is 17.8 Å². The second-order valence-electron chi connectivity index (χ2n) is 5.64. The van der Waals surface area contributed by atoms with Crippen LogP contribution in [0.5, 0.6) is 0 Å². The average molecular weight is 325 g/mol. The first-order valence-electron chi connectivity index (χ1n) is 7.52. The molecular weight excluding hydrogens is 306 g/mol. The van der Waals surface area contributed by atoms with Gasteiger partial charge in [-0.1, -0.05) is 29.8 Å². The van der Waals surface area contributed by atoms with E-state index in [2.05, 4.69) is 4.98 Å². The van der Waals surface area contributed by atoms with E-state index in [9.17, 15) is 14.9 Å². The second-order valence-corrected chi connectivity index (χ2v) is 5.64. The van der Waals surface area contributed by atoms with Crippen LogP contribution in [0.15, 0.2) is 36.7 Å². The zero-order chi connectivity index (χ0) is 17.7. The summed E-state index contributed by atoms with van der Waals surface area (Å²) in [5.41, 5.74) is 1.81. The molecule has 6 heteroatoms. The molecule has 2 unspecified atom stereocenters. The highest BCUT2D eigenvalue weighted by molar-refractivity contribution is 5.94. The minimum atomic E-state index is -1.05. The van der Waals surface area contributed by atoms with Gasteiger partial charge in [-0.3, -0.25) is 9.59 Å². The van der Waals surface area contributed by atoms with Gasteiger partial charge < -0.3 is 9.30 Å². The van der Waals surface area contributed by atoms with Crippen molar-refractivity contribution in [2.24, 2.45) is 13.0 Å². The maximum Gasteiger partial charge on any atom is 0.323 e.